The Hall–Kier alpha value is -0.720. The number of hydrogen-bond acceptors (Lipinski definition) is 1. The van der Waals surface area contributed by atoms with Gasteiger partial charge in [-0.05, 0) is 0 Å². The number of hydrogen-bond donors (Lipinski definition) is 0. The first kappa shape index (κ1) is 7.28. The molecule has 0 unspecified atom stereocenters. The van der Waals surface area contributed by atoms with Crippen molar-refractivity contribution in [1.82, 2.24) is 0 Å². The molecule has 0 radical (unpaired) electrons. The molecule has 0 aliphatic carbocycles. The van der Waals surface area contributed by atoms with Crippen molar-refractivity contribution in [2.45, 2.75) is 13.8 Å². The minimum atomic E-state index is 0.382. The summed E-state index contributed by atoms with van der Waals surface area (Å²) in [6, 6.07) is 0. The fraction of sp³-hybridized carbons (Fsp3) is 0.429. The molecule has 0 atom stereocenters. The van der Waals surface area contributed by atoms with Crippen LogP contribution in [0.4, 0.5) is 0 Å². The molecule has 0 fully saturated rings. The van der Waals surface area contributed by atoms with E-state index in [1.807, 2.05) is 13.8 Å². The van der Waals surface area contributed by atoms with Gasteiger partial charge in [-0.2, -0.15) is 0 Å². The molecule has 0 aliphatic heterocycles. The number of rotatable bonds is 3. The maximum atomic E-state index is 4.87. The van der Waals surface area contributed by atoms with Crippen LogP contribution in [0.1, 0.15) is 13.8 Å². The topological polar surface area (TPSA) is 9.23 Å². The molecule has 0 bridgehead atoms. The van der Waals surface area contributed by atoms with E-state index >= 15 is 0 Å². The van der Waals surface area contributed by atoms with Crippen LogP contribution in [0.15, 0.2) is 25.2 Å². The molecular weight excluding hydrogens is 100 g/mol. The highest BCUT2D eigenvalue weighted by atomic mass is 16.5. The maximum Gasteiger partial charge on any atom is 0.0985 e. The average molecular weight is 112 g/mol. The molecule has 0 aliphatic rings. The minimum absolute atomic E-state index is 0.382. The molecular formula is C7H12O. The fourth-order valence-electron chi connectivity index (χ4n) is 0.243. The maximum absolute atomic E-state index is 4.87. The van der Waals surface area contributed by atoms with E-state index in [1.54, 1.807) is 0 Å². The van der Waals surface area contributed by atoms with Crippen LogP contribution in [0.2, 0.25) is 0 Å². The van der Waals surface area contributed by atoms with Crippen molar-refractivity contribution >= 4 is 0 Å². The Labute approximate surface area is 50.7 Å². The van der Waals surface area contributed by atoms with Crippen LogP contribution in [0.3, 0.4) is 0 Å². The van der Waals surface area contributed by atoms with Crippen LogP contribution in [0.5, 0.6) is 0 Å². The molecule has 0 aromatic rings. The van der Waals surface area contributed by atoms with E-state index in [0.29, 0.717) is 5.92 Å². The molecule has 0 heterocycles. The number of allylic oxidation sites excluding steroid dienone is 1. The van der Waals surface area contributed by atoms with Crippen LogP contribution < -0.4 is 0 Å². The lowest BCUT2D eigenvalue weighted by Crippen LogP contribution is -1.91. The Kier molecular flexibility index (Phi) is 3.01. The summed E-state index contributed by atoms with van der Waals surface area (Å²) in [5, 5.41) is 0. The van der Waals surface area contributed by atoms with E-state index in [2.05, 4.69) is 13.2 Å². The van der Waals surface area contributed by atoms with Crippen molar-refractivity contribution in [3.05, 3.63) is 25.2 Å². The van der Waals surface area contributed by atoms with Crippen molar-refractivity contribution in [3.63, 3.8) is 0 Å². The summed E-state index contributed by atoms with van der Waals surface area (Å²) >= 11 is 0. The molecule has 1 nitrogen and oxygen atoms in total. The molecule has 0 rings (SSSR count). The van der Waals surface area contributed by atoms with Gasteiger partial charge in [0.2, 0.25) is 0 Å². The zero-order valence-electron chi connectivity index (χ0n) is 5.48. The van der Waals surface area contributed by atoms with Gasteiger partial charge in [-0.1, -0.05) is 27.0 Å². The van der Waals surface area contributed by atoms with Crippen molar-refractivity contribution in [3.8, 4) is 0 Å². The molecule has 0 N–H and O–H groups in total. The van der Waals surface area contributed by atoms with E-state index in [9.17, 15) is 0 Å². The monoisotopic (exact) mass is 112 g/mol. The third-order valence-corrected chi connectivity index (χ3v) is 0.879. The van der Waals surface area contributed by atoms with Gasteiger partial charge in [0.25, 0.3) is 0 Å². The molecule has 0 saturated heterocycles. The summed E-state index contributed by atoms with van der Waals surface area (Å²) in [6.07, 6.45) is 1.39. The highest BCUT2D eigenvalue weighted by Crippen LogP contribution is 2.06. The SMILES string of the molecule is C=COC(=C)C(C)C. The number of ether oxygens (including phenoxy) is 1. The Morgan fingerprint density at radius 2 is 2.12 bits per heavy atom. The van der Waals surface area contributed by atoms with Crippen molar-refractivity contribution in [2.75, 3.05) is 0 Å². The van der Waals surface area contributed by atoms with Gasteiger partial charge in [-0.15, -0.1) is 0 Å². The first-order valence-electron chi connectivity index (χ1n) is 2.65. The second kappa shape index (κ2) is 3.30. The van der Waals surface area contributed by atoms with Crippen molar-refractivity contribution in [2.24, 2.45) is 5.92 Å². The average Bonchev–Trinajstić information content (AvgIpc) is 1.67. The second-order valence-electron chi connectivity index (χ2n) is 1.91. The minimum Gasteiger partial charge on any atom is -0.470 e. The molecule has 0 saturated carbocycles. The van der Waals surface area contributed by atoms with Gasteiger partial charge in [0.05, 0.1) is 12.0 Å². The summed E-state index contributed by atoms with van der Waals surface area (Å²) < 4.78 is 4.87. The largest absolute Gasteiger partial charge is 0.470 e. The lowest BCUT2D eigenvalue weighted by molar-refractivity contribution is 0.308. The Balaban J connectivity index is 3.48. The summed E-state index contributed by atoms with van der Waals surface area (Å²) in [5.74, 6) is 1.15. The van der Waals surface area contributed by atoms with Gasteiger partial charge in [0.1, 0.15) is 0 Å². The van der Waals surface area contributed by atoms with E-state index < -0.39 is 0 Å². The lowest BCUT2D eigenvalue weighted by Gasteiger charge is -2.05. The zero-order valence-corrected chi connectivity index (χ0v) is 5.48. The zero-order chi connectivity index (χ0) is 6.57. The molecule has 0 aromatic carbocycles. The molecule has 0 spiro atoms. The van der Waals surface area contributed by atoms with Gasteiger partial charge in [-0.3, -0.25) is 0 Å². The van der Waals surface area contributed by atoms with Crippen molar-refractivity contribution in [1.29, 1.82) is 0 Å². The summed E-state index contributed by atoms with van der Waals surface area (Å²) in [6.45, 7) is 11.1. The Bertz CT molecular complexity index is 92.6. The predicted octanol–water partition coefficient (Wildman–Crippen LogP) is 2.32. The van der Waals surface area contributed by atoms with Crippen LogP contribution in [-0.4, -0.2) is 0 Å². The highest BCUT2D eigenvalue weighted by molar-refractivity contribution is 4.87. The standard InChI is InChI=1S/C7H12O/c1-5-8-7(4)6(2)3/h5-6H,1,4H2,2-3H3. The fourth-order valence-corrected chi connectivity index (χ4v) is 0.243. The summed E-state index contributed by atoms with van der Waals surface area (Å²) in [7, 11) is 0. The molecule has 0 aromatic heterocycles. The third-order valence-electron chi connectivity index (χ3n) is 0.879. The van der Waals surface area contributed by atoms with E-state index in [0.717, 1.165) is 5.76 Å². The summed E-state index contributed by atoms with van der Waals surface area (Å²) in [5.41, 5.74) is 0. The molecule has 1 heteroatoms. The lowest BCUT2D eigenvalue weighted by atomic mass is 10.2. The third kappa shape index (κ3) is 2.45. The smallest absolute Gasteiger partial charge is 0.0985 e. The van der Waals surface area contributed by atoms with Gasteiger partial charge in [0.15, 0.2) is 0 Å². The van der Waals surface area contributed by atoms with Crippen LogP contribution in [0.25, 0.3) is 0 Å². The molecule has 46 valence electrons. The molecule has 8 heavy (non-hydrogen) atoms. The molecule has 0 amide bonds. The van der Waals surface area contributed by atoms with Gasteiger partial charge in [-0.25, -0.2) is 0 Å². The Morgan fingerprint density at radius 3 is 2.25 bits per heavy atom. The van der Waals surface area contributed by atoms with Gasteiger partial charge in [0, 0.05) is 5.92 Å². The first-order valence-corrected chi connectivity index (χ1v) is 2.65. The Morgan fingerprint density at radius 1 is 1.62 bits per heavy atom. The first-order chi connectivity index (χ1) is 3.68. The summed E-state index contributed by atoms with van der Waals surface area (Å²) in [4.78, 5) is 0. The van der Waals surface area contributed by atoms with Crippen molar-refractivity contribution < 1.29 is 4.74 Å². The van der Waals surface area contributed by atoms with Crippen LogP contribution in [0, 0.1) is 5.92 Å². The van der Waals surface area contributed by atoms with E-state index in [-0.39, 0.29) is 0 Å². The van der Waals surface area contributed by atoms with Gasteiger partial charge < -0.3 is 4.74 Å². The second-order valence-corrected chi connectivity index (χ2v) is 1.91. The quantitative estimate of drug-likeness (QED) is 0.509. The van der Waals surface area contributed by atoms with E-state index in [4.69, 9.17) is 4.74 Å². The normalized spacial score (nSPS) is 8.88. The van der Waals surface area contributed by atoms with E-state index in [1.165, 1.54) is 6.26 Å². The predicted molar refractivity (Wildman–Crippen MR) is 35.3 cm³/mol. The van der Waals surface area contributed by atoms with Gasteiger partial charge >= 0.3 is 0 Å². The van der Waals surface area contributed by atoms with Crippen LogP contribution in [-0.2, 0) is 4.74 Å². The highest BCUT2D eigenvalue weighted by Gasteiger charge is 1.96. The van der Waals surface area contributed by atoms with Crippen LogP contribution >= 0.6 is 0 Å².